The summed E-state index contributed by atoms with van der Waals surface area (Å²) in [7, 11) is 0. The Morgan fingerprint density at radius 1 is 0.115 bits per heavy atom. The van der Waals surface area contributed by atoms with Gasteiger partial charge in [0.1, 0.15) is 0 Å². The third kappa shape index (κ3) is 7.53. The SMILES string of the molecule is c1ccc(-c2cc(-c3ccccc3)c(-c3cccc(-c4ccc5c6ccccc6c6cc7c8ccccc8c8ccccc8c8ccccc8c7cc6c6ccccc6c5c4)c3)c(-c3ccccc3)c2-c2ccccc2)cc1. The normalized spacial score (nSPS) is 11.6. The van der Waals surface area contributed by atoms with Crippen molar-refractivity contribution in [2.24, 2.45) is 0 Å². The lowest BCUT2D eigenvalue weighted by atomic mass is 9.78. The van der Waals surface area contributed by atoms with Gasteiger partial charge in [0, 0.05) is 0 Å². The van der Waals surface area contributed by atoms with Gasteiger partial charge in [0.05, 0.1) is 0 Å². The van der Waals surface area contributed by atoms with Gasteiger partial charge in [-0.1, -0.05) is 273 Å². The van der Waals surface area contributed by atoms with E-state index in [1.807, 2.05) is 0 Å². The quantitative estimate of drug-likeness (QED) is 0.156. The van der Waals surface area contributed by atoms with E-state index in [0.717, 1.165) is 16.7 Å². The molecule has 0 heteroatoms. The summed E-state index contributed by atoms with van der Waals surface area (Å²) in [6, 6.07) is 113. The molecule has 0 spiro atoms. The van der Waals surface area contributed by atoms with E-state index in [-0.39, 0.29) is 0 Å². The van der Waals surface area contributed by atoms with Crippen LogP contribution in [0.5, 0.6) is 0 Å². The molecule has 15 rings (SSSR count). The smallest absolute Gasteiger partial charge is 0.00143 e. The van der Waals surface area contributed by atoms with Crippen LogP contribution >= 0.6 is 0 Å². The molecule has 0 saturated carbocycles. The zero-order valence-electron chi connectivity index (χ0n) is 42.9. The summed E-state index contributed by atoms with van der Waals surface area (Å²) in [6.45, 7) is 0. The Hall–Kier alpha value is -10.1. The Labute approximate surface area is 453 Å². The van der Waals surface area contributed by atoms with Crippen LogP contribution in [-0.2, 0) is 0 Å². The molecule has 0 atom stereocenters. The molecule has 0 aromatic heterocycles. The third-order valence-corrected chi connectivity index (χ3v) is 16.2. The van der Waals surface area contributed by atoms with Crippen LogP contribution in [0.4, 0.5) is 0 Å². The van der Waals surface area contributed by atoms with Crippen LogP contribution in [0.25, 0.3) is 153 Å². The minimum atomic E-state index is 1.16. The monoisotopic (exact) mass is 986 g/mol. The van der Waals surface area contributed by atoms with E-state index in [1.54, 1.807) is 0 Å². The lowest BCUT2D eigenvalue weighted by Crippen LogP contribution is -1.98. The molecule has 0 bridgehead atoms. The van der Waals surface area contributed by atoms with Crippen molar-refractivity contribution in [3.05, 3.63) is 303 Å². The van der Waals surface area contributed by atoms with Crippen molar-refractivity contribution in [2.75, 3.05) is 0 Å². The second-order valence-electron chi connectivity index (χ2n) is 20.6. The van der Waals surface area contributed by atoms with Crippen LogP contribution in [0, 0.1) is 0 Å². The van der Waals surface area contributed by atoms with Crippen LogP contribution in [0.3, 0.4) is 0 Å². The van der Waals surface area contributed by atoms with Crippen molar-refractivity contribution in [1.82, 2.24) is 0 Å². The van der Waals surface area contributed by atoms with Gasteiger partial charge in [0.15, 0.2) is 0 Å². The molecule has 0 saturated heterocycles. The van der Waals surface area contributed by atoms with Gasteiger partial charge in [0.25, 0.3) is 0 Å². The summed E-state index contributed by atoms with van der Waals surface area (Å²) in [4.78, 5) is 0. The van der Waals surface area contributed by atoms with Crippen molar-refractivity contribution in [2.45, 2.75) is 0 Å². The lowest BCUT2D eigenvalue weighted by molar-refractivity contribution is 1.52. The first-order chi connectivity index (χ1) is 38.7. The molecular weight excluding hydrogens is 937 g/mol. The highest BCUT2D eigenvalue weighted by Gasteiger charge is 2.24. The maximum atomic E-state index is 2.50. The van der Waals surface area contributed by atoms with Crippen LogP contribution in [0.2, 0.25) is 0 Å². The molecule has 0 aliphatic carbocycles. The number of fused-ring (bicyclic) bond motifs is 16. The van der Waals surface area contributed by atoms with Gasteiger partial charge < -0.3 is 0 Å². The number of benzene rings is 13. The highest BCUT2D eigenvalue weighted by atomic mass is 14.3. The second kappa shape index (κ2) is 18.9. The standard InChI is InChI=1S/C78H50/c1-5-24-51(25-6-1)69-48-70(52-26-7-2-8-27-52)77(78(54-30-11-4-12-31-54)76(69)53-28-9-3-10-29-53)57-33-23-32-55(46-57)56-44-45-68-62-38-17-20-41-65(62)74-49-72-63-39-18-15-36-60(63)58-34-13-14-35-59(58)61-37-16-19-40-64(61)73(72)50-75(74)67-43-22-21-42-66(67)71(68)47-56/h1-50H. The van der Waals surface area contributed by atoms with E-state index in [9.17, 15) is 0 Å². The summed E-state index contributed by atoms with van der Waals surface area (Å²) >= 11 is 0. The molecule has 0 unspecified atom stereocenters. The van der Waals surface area contributed by atoms with Crippen LogP contribution in [-0.4, -0.2) is 0 Å². The average Bonchev–Trinajstić information content (AvgIpc) is 3.64. The molecule has 15 aromatic carbocycles. The molecule has 362 valence electrons. The highest BCUT2D eigenvalue weighted by molar-refractivity contribution is 6.32. The van der Waals surface area contributed by atoms with E-state index < -0.39 is 0 Å². The van der Waals surface area contributed by atoms with Gasteiger partial charge in [-0.05, 0) is 183 Å². The molecule has 0 radical (unpaired) electrons. The largest absolute Gasteiger partial charge is 0.0622 e. The molecule has 0 nitrogen and oxygen atoms in total. The Kier molecular flexibility index (Phi) is 11.0. The summed E-state index contributed by atoms with van der Waals surface area (Å²) in [6.07, 6.45) is 0. The zero-order valence-corrected chi connectivity index (χ0v) is 42.9. The molecular formula is C78H50. The first-order valence-electron chi connectivity index (χ1n) is 27.1. The Balaban J connectivity index is 1.03. The van der Waals surface area contributed by atoms with E-state index >= 15 is 0 Å². The van der Waals surface area contributed by atoms with Crippen molar-refractivity contribution < 1.29 is 0 Å². The molecule has 78 heavy (non-hydrogen) atoms. The van der Waals surface area contributed by atoms with Gasteiger partial charge >= 0.3 is 0 Å². The Morgan fingerprint density at radius 2 is 0.372 bits per heavy atom. The van der Waals surface area contributed by atoms with Crippen molar-refractivity contribution in [3.8, 4) is 66.8 Å². The average molecular weight is 987 g/mol. The Bertz CT molecular complexity index is 4920. The first-order valence-corrected chi connectivity index (χ1v) is 27.1. The topological polar surface area (TPSA) is 0 Å². The number of hydrogen-bond acceptors (Lipinski definition) is 0. The fourth-order valence-electron chi connectivity index (χ4n) is 12.8. The minimum absolute atomic E-state index is 1.16. The molecule has 0 N–H and O–H groups in total. The van der Waals surface area contributed by atoms with E-state index in [4.69, 9.17) is 0 Å². The van der Waals surface area contributed by atoms with Crippen molar-refractivity contribution >= 4 is 86.2 Å². The fraction of sp³-hybridized carbons (Fsp3) is 0. The minimum Gasteiger partial charge on any atom is -0.0622 e. The van der Waals surface area contributed by atoms with Gasteiger partial charge in [-0.25, -0.2) is 0 Å². The van der Waals surface area contributed by atoms with Crippen molar-refractivity contribution in [1.29, 1.82) is 0 Å². The van der Waals surface area contributed by atoms with E-state index in [2.05, 4.69) is 303 Å². The summed E-state index contributed by atoms with van der Waals surface area (Å²) < 4.78 is 0. The second-order valence-corrected chi connectivity index (χ2v) is 20.6. The predicted octanol–water partition coefficient (Wildman–Crippen LogP) is 22.0. The fourth-order valence-corrected chi connectivity index (χ4v) is 12.8. The van der Waals surface area contributed by atoms with Crippen molar-refractivity contribution in [3.63, 3.8) is 0 Å². The highest BCUT2D eigenvalue weighted by Crippen LogP contribution is 2.51. The van der Waals surface area contributed by atoms with Crippen LogP contribution in [0.15, 0.2) is 303 Å². The predicted molar refractivity (Wildman–Crippen MR) is 337 cm³/mol. The van der Waals surface area contributed by atoms with Gasteiger partial charge in [-0.2, -0.15) is 0 Å². The van der Waals surface area contributed by atoms with Crippen LogP contribution < -0.4 is 0 Å². The molecule has 15 aromatic rings. The van der Waals surface area contributed by atoms with E-state index in [1.165, 1.54) is 136 Å². The first kappa shape index (κ1) is 45.3. The summed E-state index contributed by atoms with van der Waals surface area (Å²) in [5.74, 6) is 0. The number of hydrogen-bond donors (Lipinski definition) is 0. The lowest BCUT2D eigenvalue weighted by Gasteiger charge is -2.24. The summed E-state index contributed by atoms with van der Waals surface area (Å²) in [5.41, 5.74) is 14.2. The van der Waals surface area contributed by atoms with Gasteiger partial charge in [-0.15, -0.1) is 0 Å². The molecule has 0 amide bonds. The third-order valence-electron chi connectivity index (χ3n) is 16.2. The van der Waals surface area contributed by atoms with Gasteiger partial charge in [-0.3, -0.25) is 0 Å². The molecule has 0 aliphatic heterocycles. The van der Waals surface area contributed by atoms with Crippen LogP contribution in [0.1, 0.15) is 0 Å². The molecule has 0 aliphatic rings. The van der Waals surface area contributed by atoms with E-state index in [0.29, 0.717) is 0 Å². The molecule has 0 heterocycles. The maximum absolute atomic E-state index is 2.50. The molecule has 0 fully saturated rings. The number of rotatable bonds is 6. The summed E-state index contributed by atoms with van der Waals surface area (Å²) in [5, 5.41) is 19.7. The van der Waals surface area contributed by atoms with Gasteiger partial charge in [0.2, 0.25) is 0 Å². The maximum Gasteiger partial charge on any atom is -0.00143 e. The zero-order chi connectivity index (χ0) is 51.5. The Morgan fingerprint density at radius 3 is 0.756 bits per heavy atom.